The Labute approximate surface area is 162 Å². The van der Waals surface area contributed by atoms with Crippen molar-refractivity contribution in [2.24, 2.45) is 0 Å². The maximum atomic E-state index is 12.7. The van der Waals surface area contributed by atoms with Crippen LogP contribution in [0.25, 0.3) is 10.9 Å². The number of aromatic amines is 1. The molecule has 1 aromatic carbocycles. The van der Waals surface area contributed by atoms with Gasteiger partial charge < -0.3 is 19.2 Å². The van der Waals surface area contributed by atoms with E-state index in [1.807, 2.05) is 35.4 Å². The van der Waals surface area contributed by atoms with Gasteiger partial charge in [-0.3, -0.25) is 9.59 Å². The van der Waals surface area contributed by atoms with Crippen LogP contribution in [0.2, 0.25) is 0 Å². The first-order valence-electron chi connectivity index (χ1n) is 9.49. The lowest BCUT2D eigenvalue weighted by molar-refractivity contribution is -0.139. The molecule has 0 atom stereocenters. The molecule has 8 nitrogen and oxygen atoms in total. The number of amides is 2. The quantitative estimate of drug-likeness (QED) is 0.726. The van der Waals surface area contributed by atoms with Gasteiger partial charge in [-0.05, 0) is 11.6 Å². The summed E-state index contributed by atoms with van der Waals surface area (Å²) in [6.45, 7) is 3.96. The first kappa shape index (κ1) is 18.2. The highest BCUT2D eigenvalue weighted by Gasteiger charge is 2.24. The molecular formula is C20H23N5O3. The molecule has 0 radical (unpaired) electrons. The molecule has 28 heavy (non-hydrogen) atoms. The summed E-state index contributed by atoms with van der Waals surface area (Å²) in [5.74, 6) is 1.14. The van der Waals surface area contributed by atoms with E-state index in [-0.39, 0.29) is 11.8 Å². The molecular weight excluding hydrogens is 358 g/mol. The van der Waals surface area contributed by atoms with E-state index in [1.54, 1.807) is 11.8 Å². The highest BCUT2D eigenvalue weighted by atomic mass is 16.4. The molecule has 2 aromatic heterocycles. The number of hydrogen-bond acceptors (Lipinski definition) is 5. The number of benzene rings is 1. The Kier molecular flexibility index (Phi) is 5.10. The zero-order valence-electron chi connectivity index (χ0n) is 15.9. The van der Waals surface area contributed by atoms with Crippen molar-refractivity contribution in [3.05, 3.63) is 47.8 Å². The van der Waals surface area contributed by atoms with E-state index in [4.69, 9.17) is 4.42 Å². The number of rotatable bonds is 5. The van der Waals surface area contributed by atoms with Gasteiger partial charge in [-0.2, -0.15) is 0 Å². The standard InChI is InChI=1S/C20H23N5O3/c1-14-22-23-18(28-14)6-7-19(26)24-8-10-25(11-9-24)20(27)12-15-13-21-17-5-3-2-4-16(15)17/h2-5,13,21H,6-12H2,1H3. The number of aryl methyl sites for hydroxylation is 2. The molecule has 0 bridgehead atoms. The summed E-state index contributed by atoms with van der Waals surface area (Å²) in [5, 5.41) is 8.76. The van der Waals surface area contributed by atoms with E-state index in [0.717, 1.165) is 16.5 Å². The zero-order chi connectivity index (χ0) is 19.5. The minimum Gasteiger partial charge on any atom is -0.426 e. The van der Waals surface area contributed by atoms with Crippen LogP contribution in [-0.4, -0.2) is 63.0 Å². The molecule has 0 aliphatic carbocycles. The van der Waals surface area contributed by atoms with Crippen molar-refractivity contribution in [3.8, 4) is 0 Å². The van der Waals surface area contributed by atoms with Crippen molar-refractivity contribution in [2.75, 3.05) is 26.2 Å². The van der Waals surface area contributed by atoms with E-state index < -0.39 is 0 Å². The van der Waals surface area contributed by atoms with E-state index in [1.165, 1.54) is 0 Å². The summed E-state index contributed by atoms with van der Waals surface area (Å²) < 4.78 is 5.30. The van der Waals surface area contributed by atoms with E-state index in [9.17, 15) is 9.59 Å². The van der Waals surface area contributed by atoms with Gasteiger partial charge in [0.25, 0.3) is 0 Å². The topological polar surface area (TPSA) is 95.3 Å². The number of nitrogens with one attached hydrogen (secondary N) is 1. The molecule has 3 heterocycles. The molecule has 2 amide bonds. The fourth-order valence-corrected chi connectivity index (χ4v) is 3.57. The predicted molar refractivity (Wildman–Crippen MR) is 103 cm³/mol. The first-order chi connectivity index (χ1) is 13.6. The Morgan fingerprint density at radius 2 is 1.79 bits per heavy atom. The smallest absolute Gasteiger partial charge is 0.227 e. The fourth-order valence-electron chi connectivity index (χ4n) is 3.57. The van der Waals surface area contributed by atoms with Crippen molar-refractivity contribution in [1.29, 1.82) is 0 Å². The lowest BCUT2D eigenvalue weighted by Gasteiger charge is -2.34. The van der Waals surface area contributed by atoms with Crippen molar-refractivity contribution < 1.29 is 14.0 Å². The minimum absolute atomic E-state index is 0.0552. The van der Waals surface area contributed by atoms with Crippen LogP contribution >= 0.6 is 0 Å². The molecule has 0 spiro atoms. The van der Waals surface area contributed by atoms with Crippen LogP contribution in [0.3, 0.4) is 0 Å². The molecule has 3 aromatic rings. The van der Waals surface area contributed by atoms with Gasteiger partial charge in [-0.15, -0.1) is 10.2 Å². The zero-order valence-corrected chi connectivity index (χ0v) is 15.9. The van der Waals surface area contributed by atoms with Crippen molar-refractivity contribution in [2.45, 2.75) is 26.2 Å². The summed E-state index contributed by atoms with van der Waals surface area (Å²) in [7, 11) is 0. The fraction of sp³-hybridized carbons (Fsp3) is 0.400. The number of nitrogens with zero attached hydrogens (tertiary/aromatic N) is 4. The van der Waals surface area contributed by atoms with Crippen LogP contribution < -0.4 is 0 Å². The van der Waals surface area contributed by atoms with E-state index in [0.29, 0.717) is 57.2 Å². The molecule has 1 aliphatic rings. The number of hydrogen-bond donors (Lipinski definition) is 1. The predicted octanol–water partition coefficient (Wildman–Crippen LogP) is 1.71. The van der Waals surface area contributed by atoms with Gasteiger partial charge in [-0.1, -0.05) is 18.2 Å². The average Bonchev–Trinajstić information content (AvgIpc) is 3.32. The number of H-pyrrole nitrogens is 1. The molecule has 0 unspecified atom stereocenters. The highest BCUT2D eigenvalue weighted by molar-refractivity contribution is 5.89. The van der Waals surface area contributed by atoms with Gasteiger partial charge in [0.1, 0.15) is 0 Å². The molecule has 8 heteroatoms. The van der Waals surface area contributed by atoms with Crippen molar-refractivity contribution in [3.63, 3.8) is 0 Å². The van der Waals surface area contributed by atoms with Gasteiger partial charge >= 0.3 is 0 Å². The van der Waals surface area contributed by atoms with Gasteiger partial charge in [0.05, 0.1) is 6.42 Å². The number of carbonyl (C=O) groups excluding carboxylic acids is 2. The Balaban J connectivity index is 1.27. The molecule has 1 fully saturated rings. The Morgan fingerprint density at radius 1 is 1.07 bits per heavy atom. The number of aromatic nitrogens is 3. The van der Waals surface area contributed by atoms with Gasteiger partial charge in [-0.25, -0.2) is 0 Å². The van der Waals surface area contributed by atoms with Crippen LogP contribution in [0.4, 0.5) is 0 Å². The summed E-state index contributed by atoms with van der Waals surface area (Å²) >= 11 is 0. The summed E-state index contributed by atoms with van der Waals surface area (Å²) in [4.78, 5) is 31.9. The number of fused-ring (bicyclic) bond motifs is 1. The Morgan fingerprint density at radius 3 is 2.50 bits per heavy atom. The second-order valence-corrected chi connectivity index (χ2v) is 7.01. The molecule has 1 saturated heterocycles. The first-order valence-corrected chi connectivity index (χ1v) is 9.49. The second-order valence-electron chi connectivity index (χ2n) is 7.01. The molecule has 0 saturated carbocycles. The second kappa shape index (κ2) is 7.84. The van der Waals surface area contributed by atoms with Crippen LogP contribution in [0.5, 0.6) is 0 Å². The molecule has 1 N–H and O–H groups in total. The largest absolute Gasteiger partial charge is 0.426 e. The lowest BCUT2D eigenvalue weighted by Crippen LogP contribution is -2.51. The van der Waals surface area contributed by atoms with Crippen LogP contribution in [0.1, 0.15) is 23.8 Å². The third-order valence-corrected chi connectivity index (χ3v) is 5.12. The van der Waals surface area contributed by atoms with Crippen LogP contribution in [-0.2, 0) is 22.4 Å². The van der Waals surface area contributed by atoms with Crippen LogP contribution in [0, 0.1) is 6.92 Å². The van der Waals surface area contributed by atoms with E-state index in [2.05, 4.69) is 15.2 Å². The van der Waals surface area contributed by atoms with Gasteiger partial charge in [0, 0.05) is 63.0 Å². The summed E-state index contributed by atoms with van der Waals surface area (Å²) in [6, 6.07) is 7.98. The highest BCUT2D eigenvalue weighted by Crippen LogP contribution is 2.19. The SMILES string of the molecule is Cc1nnc(CCC(=O)N2CCN(C(=O)Cc3c[nH]c4ccccc34)CC2)o1. The van der Waals surface area contributed by atoms with Gasteiger partial charge in [0.15, 0.2) is 0 Å². The Hall–Kier alpha value is -3.16. The molecule has 4 rings (SSSR count). The third-order valence-electron chi connectivity index (χ3n) is 5.12. The van der Waals surface area contributed by atoms with Crippen molar-refractivity contribution >= 4 is 22.7 Å². The lowest BCUT2D eigenvalue weighted by atomic mass is 10.1. The van der Waals surface area contributed by atoms with Crippen molar-refractivity contribution in [1.82, 2.24) is 25.0 Å². The number of para-hydroxylation sites is 1. The summed E-state index contributed by atoms with van der Waals surface area (Å²) in [5.41, 5.74) is 2.05. The Bertz CT molecular complexity index is 985. The van der Waals surface area contributed by atoms with Crippen LogP contribution in [0.15, 0.2) is 34.9 Å². The minimum atomic E-state index is 0.0552. The van der Waals surface area contributed by atoms with Gasteiger partial charge in [0.2, 0.25) is 23.6 Å². The average molecular weight is 381 g/mol. The maximum absolute atomic E-state index is 12.7. The monoisotopic (exact) mass is 381 g/mol. The number of piperazine rings is 1. The van der Waals surface area contributed by atoms with E-state index >= 15 is 0 Å². The summed E-state index contributed by atoms with van der Waals surface area (Å²) in [6.07, 6.45) is 3.06. The molecule has 146 valence electrons. The third kappa shape index (κ3) is 3.90. The normalized spacial score (nSPS) is 14.6. The number of carbonyl (C=O) groups is 2. The maximum Gasteiger partial charge on any atom is 0.227 e. The molecule has 1 aliphatic heterocycles.